The Labute approximate surface area is 296 Å². The summed E-state index contributed by atoms with van der Waals surface area (Å²) in [6, 6.07) is 0. The first-order chi connectivity index (χ1) is 23.6. The molecule has 0 saturated heterocycles. The van der Waals surface area contributed by atoms with Gasteiger partial charge in [-0.3, -0.25) is 9.59 Å². The highest BCUT2D eigenvalue weighted by Gasteiger charge is 2.13. The summed E-state index contributed by atoms with van der Waals surface area (Å²) in [5.74, 6) is 0.0684. The number of amides is 2. The van der Waals surface area contributed by atoms with E-state index in [1.807, 2.05) is 0 Å². The molecule has 279 valence electrons. The Kier molecular flexibility index (Phi) is 37.5. The SMILES string of the molecule is CCCCCCCC/C=C\CCCCCCCC(=O)NCCN(CCNC(=O)CCCCCCC/C=C\CCCCCCCC)OC=[O+]. The first-order valence-corrected chi connectivity index (χ1v) is 20.3. The summed E-state index contributed by atoms with van der Waals surface area (Å²) in [6.45, 7) is 6.50. The van der Waals surface area contributed by atoms with E-state index in [-0.39, 0.29) is 11.8 Å². The van der Waals surface area contributed by atoms with E-state index in [4.69, 9.17) is 4.84 Å². The van der Waals surface area contributed by atoms with Crippen LogP contribution in [0.2, 0.25) is 0 Å². The molecule has 0 aromatic heterocycles. The van der Waals surface area contributed by atoms with Crippen LogP contribution in [0.1, 0.15) is 194 Å². The lowest BCUT2D eigenvalue weighted by atomic mass is 10.1. The molecule has 0 spiro atoms. The van der Waals surface area contributed by atoms with E-state index in [9.17, 15) is 14.4 Å². The van der Waals surface area contributed by atoms with Crippen molar-refractivity contribution in [2.24, 2.45) is 0 Å². The van der Waals surface area contributed by atoms with Gasteiger partial charge in [0.2, 0.25) is 11.8 Å². The Morgan fingerprint density at radius 3 is 1.15 bits per heavy atom. The highest BCUT2D eigenvalue weighted by atomic mass is 16.7. The molecule has 2 amide bonds. The lowest BCUT2D eigenvalue weighted by molar-refractivity contribution is -0.173. The van der Waals surface area contributed by atoms with Crippen LogP contribution in [0.5, 0.6) is 0 Å². The van der Waals surface area contributed by atoms with Gasteiger partial charge in [0.15, 0.2) is 0 Å². The van der Waals surface area contributed by atoms with Crippen LogP contribution >= 0.6 is 0 Å². The number of nitrogens with one attached hydrogen (secondary N) is 2. The van der Waals surface area contributed by atoms with Crippen LogP contribution in [0, 0.1) is 0 Å². The Morgan fingerprint density at radius 1 is 0.500 bits per heavy atom. The molecule has 0 atom stereocenters. The molecule has 0 saturated carbocycles. The van der Waals surface area contributed by atoms with Gasteiger partial charge < -0.3 is 10.6 Å². The number of nitrogens with zero attached hydrogens (tertiary/aromatic N) is 1. The van der Waals surface area contributed by atoms with Crippen molar-refractivity contribution in [2.45, 2.75) is 194 Å². The maximum atomic E-state index is 12.2. The minimum absolute atomic E-state index is 0.0342. The quantitative estimate of drug-likeness (QED) is 0.0223. The molecule has 0 aromatic rings. The van der Waals surface area contributed by atoms with Crippen LogP contribution < -0.4 is 10.6 Å². The first-order valence-electron chi connectivity index (χ1n) is 20.3. The van der Waals surface area contributed by atoms with E-state index in [1.54, 1.807) is 0 Å². The predicted octanol–water partition coefficient (Wildman–Crippen LogP) is 10.7. The van der Waals surface area contributed by atoms with E-state index >= 15 is 0 Å². The zero-order chi connectivity index (χ0) is 35.0. The average molecular weight is 676 g/mol. The topological polar surface area (TPSA) is 90.6 Å². The van der Waals surface area contributed by atoms with Crippen LogP contribution in [0.4, 0.5) is 0 Å². The fraction of sp³-hybridized carbons (Fsp3) is 0.829. The number of hydroxylamine groups is 2. The monoisotopic (exact) mass is 676 g/mol. The van der Waals surface area contributed by atoms with Crippen LogP contribution in [0.25, 0.3) is 0 Å². The maximum Gasteiger partial charge on any atom is 0.587 e. The van der Waals surface area contributed by atoms with Crippen molar-refractivity contribution in [1.82, 2.24) is 15.7 Å². The van der Waals surface area contributed by atoms with E-state index in [0.29, 0.717) is 45.5 Å². The fourth-order valence-electron chi connectivity index (χ4n) is 5.81. The van der Waals surface area contributed by atoms with E-state index in [2.05, 4.69) is 48.8 Å². The number of carbonyl (C=O) groups is 3. The largest absolute Gasteiger partial charge is 0.587 e. The summed E-state index contributed by atoms with van der Waals surface area (Å²) in [6.07, 6.45) is 42.6. The number of rotatable bonds is 38. The van der Waals surface area contributed by atoms with Crippen molar-refractivity contribution < 1.29 is 19.2 Å². The van der Waals surface area contributed by atoms with Gasteiger partial charge in [-0.25, -0.2) is 0 Å². The normalized spacial score (nSPS) is 11.6. The zero-order valence-corrected chi connectivity index (χ0v) is 31.6. The molecular formula is C41H77N3O4+. The van der Waals surface area contributed by atoms with Gasteiger partial charge in [-0.05, 0) is 69.3 Å². The second kappa shape index (κ2) is 39.3. The van der Waals surface area contributed by atoms with Crippen molar-refractivity contribution in [3.05, 3.63) is 24.3 Å². The van der Waals surface area contributed by atoms with Crippen molar-refractivity contribution >= 4 is 18.3 Å². The molecule has 0 aliphatic heterocycles. The second-order valence-electron chi connectivity index (χ2n) is 13.5. The van der Waals surface area contributed by atoms with Crippen molar-refractivity contribution in [3.8, 4) is 0 Å². The van der Waals surface area contributed by atoms with E-state index < -0.39 is 0 Å². The third-order valence-electron chi connectivity index (χ3n) is 8.89. The molecule has 2 N–H and O–H groups in total. The predicted molar refractivity (Wildman–Crippen MR) is 204 cm³/mol. The van der Waals surface area contributed by atoms with Gasteiger partial charge in [0.25, 0.3) is 0 Å². The standard InChI is InChI=1S/C41H77N3O4/c1-3-5-7-9-11-13-15-17-19-21-23-25-27-29-31-33-40(46)42-35-37-44(48-39-45)38-36-43-41(47)34-32-30-28-26-24-22-20-18-16-14-12-10-8-6-4-2/h17-20,39H,3-16,21-38H2,1-2H3,(H,42,46)(H,43,47)/q+1/b19-17-,20-18-. The average Bonchev–Trinajstić information content (AvgIpc) is 3.08. The molecule has 0 fully saturated rings. The van der Waals surface area contributed by atoms with Crippen LogP contribution in [-0.2, 0) is 19.2 Å². The van der Waals surface area contributed by atoms with Gasteiger partial charge >= 0.3 is 6.47 Å². The third kappa shape index (κ3) is 36.7. The molecule has 7 heteroatoms. The minimum atomic E-state index is 0.0342. The summed E-state index contributed by atoms with van der Waals surface area (Å²) in [4.78, 5) is 40.3. The molecular weight excluding hydrogens is 598 g/mol. The summed E-state index contributed by atoms with van der Waals surface area (Å²) >= 11 is 0. The summed E-state index contributed by atoms with van der Waals surface area (Å²) < 4.78 is 0. The number of unbranched alkanes of at least 4 members (excludes halogenated alkanes) is 22. The molecule has 0 aliphatic rings. The van der Waals surface area contributed by atoms with Crippen LogP contribution in [0.3, 0.4) is 0 Å². The van der Waals surface area contributed by atoms with Crippen molar-refractivity contribution in [1.29, 1.82) is 0 Å². The molecule has 1 radical (unpaired) electrons. The van der Waals surface area contributed by atoms with E-state index in [0.717, 1.165) is 38.5 Å². The Balaban J connectivity index is 3.63. The molecule has 0 aliphatic carbocycles. The molecule has 0 aromatic carbocycles. The number of carbonyl (C=O) groups excluding carboxylic acids is 3. The summed E-state index contributed by atoms with van der Waals surface area (Å²) in [5.41, 5.74) is 0. The third-order valence-corrected chi connectivity index (χ3v) is 8.89. The highest BCUT2D eigenvalue weighted by molar-refractivity contribution is 5.76. The van der Waals surface area contributed by atoms with Gasteiger partial charge in [0.05, 0.1) is 13.1 Å². The number of allylic oxidation sites excluding steroid dienone is 4. The molecule has 0 rings (SSSR count). The van der Waals surface area contributed by atoms with Gasteiger partial charge in [-0.15, -0.1) is 0 Å². The molecule has 7 nitrogen and oxygen atoms in total. The lowest BCUT2D eigenvalue weighted by Crippen LogP contribution is -2.39. The van der Waals surface area contributed by atoms with E-state index in [1.165, 1.54) is 133 Å². The van der Waals surface area contributed by atoms with Crippen LogP contribution in [0.15, 0.2) is 24.3 Å². The Morgan fingerprint density at radius 2 is 0.812 bits per heavy atom. The number of hydrogen-bond donors (Lipinski definition) is 2. The second-order valence-corrected chi connectivity index (χ2v) is 13.5. The van der Waals surface area contributed by atoms with Gasteiger partial charge in [0.1, 0.15) is 0 Å². The van der Waals surface area contributed by atoms with Gasteiger partial charge in [-0.2, -0.15) is 4.84 Å². The molecule has 0 bridgehead atoms. The van der Waals surface area contributed by atoms with Crippen molar-refractivity contribution in [3.63, 3.8) is 0 Å². The summed E-state index contributed by atoms with van der Waals surface area (Å²) in [7, 11) is 0. The van der Waals surface area contributed by atoms with Gasteiger partial charge in [0, 0.05) is 30.7 Å². The van der Waals surface area contributed by atoms with Crippen molar-refractivity contribution in [2.75, 3.05) is 26.2 Å². The van der Waals surface area contributed by atoms with Crippen LogP contribution in [-0.4, -0.2) is 49.5 Å². The molecule has 0 heterocycles. The fourth-order valence-corrected chi connectivity index (χ4v) is 5.81. The zero-order valence-electron chi connectivity index (χ0n) is 31.6. The smallest absolute Gasteiger partial charge is 0.355 e. The minimum Gasteiger partial charge on any atom is -0.355 e. The Hall–Kier alpha value is -2.15. The maximum absolute atomic E-state index is 12.2. The summed E-state index contributed by atoms with van der Waals surface area (Å²) in [5, 5.41) is 7.31. The first kappa shape index (κ1) is 45.9. The highest BCUT2D eigenvalue weighted by Crippen LogP contribution is 2.11. The number of hydrogen-bond acceptors (Lipinski definition) is 5. The Bertz CT molecular complexity index is 713. The molecule has 48 heavy (non-hydrogen) atoms. The van der Waals surface area contributed by atoms with Gasteiger partial charge in [-0.1, -0.05) is 141 Å². The molecule has 0 unspecified atom stereocenters. The lowest BCUT2D eigenvalue weighted by Gasteiger charge is -2.13.